The number of nitrogens with one attached hydrogen (secondary N) is 1. The van der Waals surface area contributed by atoms with Crippen molar-refractivity contribution in [2.45, 2.75) is 20.8 Å². The molecule has 1 aliphatic rings. The van der Waals surface area contributed by atoms with E-state index in [1.54, 1.807) is 4.90 Å². The molecule has 1 aliphatic heterocycles. The van der Waals surface area contributed by atoms with E-state index in [-0.39, 0.29) is 11.9 Å². The number of hydrogen-bond acceptors (Lipinski definition) is 2. The standard InChI is InChI=1S/C16H23N3O2/c1-4-17-16(21)19-9-7-18(8-10-19)15(20)14-11-12(2)5-6-13(14)3/h5-6,11H,4,7-10H2,1-3H3,(H,17,21). The summed E-state index contributed by atoms with van der Waals surface area (Å²) < 4.78 is 0. The Morgan fingerprint density at radius 2 is 1.71 bits per heavy atom. The van der Waals surface area contributed by atoms with Gasteiger partial charge in [-0.3, -0.25) is 4.79 Å². The van der Waals surface area contributed by atoms with Gasteiger partial charge in [-0.1, -0.05) is 17.7 Å². The average Bonchev–Trinajstić information content (AvgIpc) is 2.49. The molecule has 0 spiro atoms. The van der Waals surface area contributed by atoms with Crippen LogP contribution in [0.2, 0.25) is 0 Å². The zero-order valence-corrected chi connectivity index (χ0v) is 13.0. The maximum Gasteiger partial charge on any atom is 0.317 e. The Morgan fingerprint density at radius 1 is 1.10 bits per heavy atom. The number of piperazine rings is 1. The number of benzene rings is 1. The molecule has 0 aliphatic carbocycles. The molecular weight excluding hydrogens is 266 g/mol. The summed E-state index contributed by atoms with van der Waals surface area (Å²) in [4.78, 5) is 27.9. The Kier molecular flexibility index (Phi) is 4.83. The van der Waals surface area contributed by atoms with Crippen LogP contribution in [-0.2, 0) is 0 Å². The molecule has 0 radical (unpaired) electrons. The maximum absolute atomic E-state index is 12.6. The van der Waals surface area contributed by atoms with Gasteiger partial charge in [-0.15, -0.1) is 0 Å². The van der Waals surface area contributed by atoms with Gasteiger partial charge in [0.05, 0.1) is 0 Å². The highest BCUT2D eigenvalue weighted by atomic mass is 16.2. The fourth-order valence-corrected chi connectivity index (χ4v) is 2.51. The Morgan fingerprint density at radius 3 is 2.33 bits per heavy atom. The second-order valence-corrected chi connectivity index (χ2v) is 5.43. The molecule has 5 heteroatoms. The fourth-order valence-electron chi connectivity index (χ4n) is 2.51. The van der Waals surface area contributed by atoms with Gasteiger partial charge in [0.2, 0.25) is 0 Å². The van der Waals surface area contributed by atoms with E-state index < -0.39 is 0 Å². The van der Waals surface area contributed by atoms with E-state index in [0.717, 1.165) is 16.7 Å². The van der Waals surface area contributed by atoms with Gasteiger partial charge in [0.15, 0.2) is 0 Å². The quantitative estimate of drug-likeness (QED) is 0.902. The SMILES string of the molecule is CCNC(=O)N1CCN(C(=O)c2cc(C)ccc2C)CC1. The summed E-state index contributed by atoms with van der Waals surface area (Å²) >= 11 is 0. The van der Waals surface area contributed by atoms with E-state index in [2.05, 4.69) is 5.32 Å². The van der Waals surface area contributed by atoms with Crippen LogP contribution in [0.1, 0.15) is 28.4 Å². The average molecular weight is 289 g/mol. The lowest BCUT2D eigenvalue weighted by Crippen LogP contribution is -2.53. The predicted molar refractivity (Wildman–Crippen MR) is 82.5 cm³/mol. The summed E-state index contributed by atoms with van der Waals surface area (Å²) in [5, 5.41) is 2.79. The molecule has 1 saturated heterocycles. The van der Waals surface area contributed by atoms with Crippen LogP contribution in [0.25, 0.3) is 0 Å². The van der Waals surface area contributed by atoms with Crippen molar-refractivity contribution < 1.29 is 9.59 Å². The van der Waals surface area contributed by atoms with E-state index >= 15 is 0 Å². The van der Waals surface area contributed by atoms with E-state index in [9.17, 15) is 9.59 Å². The summed E-state index contributed by atoms with van der Waals surface area (Å²) in [7, 11) is 0. The molecule has 0 bridgehead atoms. The highest BCUT2D eigenvalue weighted by Gasteiger charge is 2.25. The first-order valence-electron chi connectivity index (χ1n) is 7.42. The molecule has 0 saturated carbocycles. The molecule has 1 aromatic rings. The topological polar surface area (TPSA) is 52.7 Å². The van der Waals surface area contributed by atoms with Gasteiger partial charge in [-0.05, 0) is 32.4 Å². The van der Waals surface area contributed by atoms with Crippen molar-refractivity contribution in [1.82, 2.24) is 15.1 Å². The molecule has 5 nitrogen and oxygen atoms in total. The number of aryl methyl sites for hydroxylation is 2. The molecule has 3 amide bonds. The summed E-state index contributed by atoms with van der Waals surface area (Å²) in [6.07, 6.45) is 0. The number of carbonyl (C=O) groups excluding carboxylic acids is 2. The molecule has 0 aromatic heterocycles. The third-order valence-corrected chi connectivity index (χ3v) is 3.81. The van der Waals surface area contributed by atoms with Crippen molar-refractivity contribution in [2.75, 3.05) is 32.7 Å². The first-order valence-corrected chi connectivity index (χ1v) is 7.42. The minimum atomic E-state index is -0.0451. The Bertz CT molecular complexity index is 534. The van der Waals surface area contributed by atoms with Crippen molar-refractivity contribution in [3.8, 4) is 0 Å². The summed E-state index contributed by atoms with van der Waals surface area (Å²) in [5.41, 5.74) is 2.85. The smallest absolute Gasteiger partial charge is 0.317 e. The van der Waals surface area contributed by atoms with Crippen molar-refractivity contribution >= 4 is 11.9 Å². The van der Waals surface area contributed by atoms with Crippen LogP contribution in [0.4, 0.5) is 4.79 Å². The second-order valence-electron chi connectivity index (χ2n) is 5.43. The van der Waals surface area contributed by atoms with Gasteiger partial charge in [-0.25, -0.2) is 4.79 Å². The zero-order valence-electron chi connectivity index (χ0n) is 13.0. The lowest BCUT2D eigenvalue weighted by atomic mass is 10.0. The van der Waals surface area contributed by atoms with Crippen LogP contribution < -0.4 is 5.32 Å². The minimum Gasteiger partial charge on any atom is -0.338 e. The van der Waals surface area contributed by atoms with Crippen LogP contribution in [0.5, 0.6) is 0 Å². The van der Waals surface area contributed by atoms with Crippen molar-refractivity contribution in [3.63, 3.8) is 0 Å². The van der Waals surface area contributed by atoms with Gasteiger partial charge in [0.1, 0.15) is 0 Å². The first-order chi connectivity index (χ1) is 10.0. The molecule has 1 aromatic carbocycles. The predicted octanol–water partition coefficient (Wildman–Crippen LogP) is 1.79. The van der Waals surface area contributed by atoms with E-state index in [1.165, 1.54) is 0 Å². The number of hydrogen-bond donors (Lipinski definition) is 1. The first kappa shape index (κ1) is 15.4. The number of urea groups is 1. The van der Waals surface area contributed by atoms with E-state index in [1.807, 2.05) is 43.9 Å². The normalized spacial score (nSPS) is 15.0. The molecule has 1 heterocycles. The molecule has 114 valence electrons. The summed E-state index contributed by atoms with van der Waals surface area (Å²) in [6.45, 7) is 8.82. The second kappa shape index (κ2) is 6.61. The third kappa shape index (κ3) is 3.54. The third-order valence-electron chi connectivity index (χ3n) is 3.81. The number of carbonyl (C=O) groups is 2. The maximum atomic E-state index is 12.6. The highest BCUT2D eigenvalue weighted by molar-refractivity contribution is 5.96. The largest absolute Gasteiger partial charge is 0.338 e. The molecule has 21 heavy (non-hydrogen) atoms. The molecular formula is C16H23N3O2. The number of rotatable bonds is 2. The number of nitrogens with zero attached hydrogens (tertiary/aromatic N) is 2. The van der Waals surface area contributed by atoms with E-state index in [4.69, 9.17) is 0 Å². The molecule has 0 unspecified atom stereocenters. The highest BCUT2D eigenvalue weighted by Crippen LogP contribution is 2.15. The zero-order chi connectivity index (χ0) is 15.4. The number of amides is 3. The lowest BCUT2D eigenvalue weighted by Gasteiger charge is -2.35. The fraction of sp³-hybridized carbons (Fsp3) is 0.500. The van der Waals surface area contributed by atoms with Gasteiger partial charge in [-0.2, -0.15) is 0 Å². The Hall–Kier alpha value is -2.04. The van der Waals surface area contributed by atoms with Gasteiger partial charge in [0, 0.05) is 38.3 Å². The summed E-state index contributed by atoms with van der Waals surface area (Å²) in [5.74, 6) is 0.0618. The molecule has 1 fully saturated rings. The summed E-state index contributed by atoms with van der Waals surface area (Å²) in [6, 6.07) is 5.89. The minimum absolute atomic E-state index is 0.0451. The van der Waals surface area contributed by atoms with Crippen molar-refractivity contribution in [1.29, 1.82) is 0 Å². The van der Waals surface area contributed by atoms with Crippen LogP contribution >= 0.6 is 0 Å². The van der Waals surface area contributed by atoms with Crippen molar-refractivity contribution in [3.05, 3.63) is 34.9 Å². The van der Waals surface area contributed by atoms with Gasteiger partial charge < -0.3 is 15.1 Å². The Balaban J connectivity index is 2.00. The monoisotopic (exact) mass is 289 g/mol. The van der Waals surface area contributed by atoms with Crippen molar-refractivity contribution in [2.24, 2.45) is 0 Å². The van der Waals surface area contributed by atoms with Crippen LogP contribution in [0.3, 0.4) is 0 Å². The lowest BCUT2D eigenvalue weighted by molar-refractivity contribution is 0.0664. The van der Waals surface area contributed by atoms with Gasteiger partial charge >= 0.3 is 6.03 Å². The molecule has 1 N–H and O–H groups in total. The Labute approximate surface area is 125 Å². The molecule has 0 atom stereocenters. The van der Waals surface area contributed by atoms with E-state index in [0.29, 0.717) is 32.7 Å². The molecule has 2 rings (SSSR count). The van der Waals surface area contributed by atoms with Crippen LogP contribution in [0.15, 0.2) is 18.2 Å². The van der Waals surface area contributed by atoms with Gasteiger partial charge in [0.25, 0.3) is 5.91 Å². The van der Waals surface area contributed by atoms with Crippen LogP contribution in [-0.4, -0.2) is 54.5 Å². The van der Waals surface area contributed by atoms with Crippen LogP contribution in [0, 0.1) is 13.8 Å².